The highest BCUT2D eigenvalue weighted by atomic mass is 15.2. The Kier molecular flexibility index (Phi) is 2.22. The third-order valence-corrected chi connectivity index (χ3v) is 2.57. The van der Waals surface area contributed by atoms with Crippen LogP contribution >= 0.6 is 0 Å². The topological polar surface area (TPSA) is 61.7 Å². The molecule has 2 rings (SSSR count). The summed E-state index contributed by atoms with van der Waals surface area (Å²) in [4.78, 5) is 8.52. The van der Waals surface area contributed by atoms with E-state index in [4.69, 9.17) is 5.73 Å². The minimum absolute atomic E-state index is 0.707. The molecule has 0 aliphatic carbocycles. The van der Waals surface area contributed by atoms with Crippen molar-refractivity contribution in [2.45, 2.75) is 20.4 Å². The first-order valence-electron chi connectivity index (χ1n) is 4.94. The van der Waals surface area contributed by atoms with E-state index in [-0.39, 0.29) is 0 Å². The third kappa shape index (κ3) is 1.40. The number of aryl methyl sites for hydroxylation is 2. The number of rotatable bonds is 2. The molecule has 0 aliphatic heterocycles. The molecule has 15 heavy (non-hydrogen) atoms. The Morgan fingerprint density at radius 1 is 1.47 bits per heavy atom. The second-order valence-corrected chi connectivity index (χ2v) is 3.53. The van der Waals surface area contributed by atoms with Crippen LogP contribution in [0.25, 0.3) is 11.4 Å². The molecule has 80 valence electrons. The molecule has 0 aromatic carbocycles. The van der Waals surface area contributed by atoms with Gasteiger partial charge in [-0.1, -0.05) is 0 Å². The van der Waals surface area contributed by atoms with Gasteiger partial charge in [0.05, 0.1) is 18.2 Å². The highest BCUT2D eigenvalue weighted by molar-refractivity contribution is 5.67. The molecule has 0 bridgehead atoms. The summed E-state index contributed by atoms with van der Waals surface area (Å²) in [5.74, 6) is 1.64. The van der Waals surface area contributed by atoms with Crippen LogP contribution in [-0.2, 0) is 13.6 Å². The predicted molar refractivity (Wildman–Crippen MR) is 59.3 cm³/mol. The lowest BCUT2D eigenvalue weighted by atomic mass is 10.3. The van der Waals surface area contributed by atoms with E-state index in [2.05, 4.69) is 16.9 Å². The molecule has 0 amide bonds. The normalized spacial score (nSPS) is 10.9. The van der Waals surface area contributed by atoms with Gasteiger partial charge in [0.1, 0.15) is 17.3 Å². The molecule has 0 fully saturated rings. The van der Waals surface area contributed by atoms with Crippen LogP contribution in [0.2, 0.25) is 0 Å². The maximum atomic E-state index is 6.03. The van der Waals surface area contributed by atoms with Crippen LogP contribution in [-0.4, -0.2) is 19.1 Å². The lowest BCUT2D eigenvalue weighted by Crippen LogP contribution is -2.02. The van der Waals surface area contributed by atoms with Gasteiger partial charge in [0.2, 0.25) is 0 Å². The average molecular weight is 205 g/mol. The fourth-order valence-corrected chi connectivity index (χ4v) is 1.75. The first-order chi connectivity index (χ1) is 7.15. The zero-order valence-electron chi connectivity index (χ0n) is 9.23. The second-order valence-electron chi connectivity index (χ2n) is 3.53. The van der Waals surface area contributed by atoms with Crippen molar-refractivity contribution in [1.82, 2.24) is 19.1 Å². The van der Waals surface area contributed by atoms with Gasteiger partial charge in [-0.3, -0.25) is 0 Å². The van der Waals surface area contributed by atoms with Gasteiger partial charge in [0.15, 0.2) is 0 Å². The standard InChI is InChI=1S/C10H15N5/c1-4-15-7(2)13-9(10(15)11)8-5-12-6-14(8)3/h5-6H,4,11H2,1-3H3. The average Bonchev–Trinajstić information content (AvgIpc) is 2.71. The molecule has 2 aromatic heterocycles. The predicted octanol–water partition coefficient (Wildman–Crippen LogP) is 1.19. The molecule has 0 aliphatic rings. The Bertz CT molecular complexity index is 480. The fraction of sp³-hybridized carbons (Fsp3) is 0.400. The van der Waals surface area contributed by atoms with E-state index in [1.807, 2.05) is 23.1 Å². The van der Waals surface area contributed by atoms with Crippen LogP contribution in [0.4, 0.5) is 5.82 Å². The van der Waals surface area contributed by atoms with Gasteiger partial charge in [0, 0.05) is 13.6 Å². The molecule has 0 atom stereocenters. The van der Waals surface area contributed by atoms with E-state index in [9.17, 15) is 0 Å². The number of nitrogens with zero attached hydrogens (tertiary/aromatic N) is 4. The van der Waals surface area contributed by atoms with Crippen molar-refractivity contribution in [1.29, 1.82) is 0 Å². The first-order valence-corrected chi connectivity index (χ1v) is 4.94. The summed E-state index contributed by atoms with van der Waals surface area (Å²) >= 11 is 0. The summed E-state index contributed by atoms with van der Waals surface area (Å²) in [5.41, 5.74) is 7.80. The highest BCUT2D eigenvalue weighted by Crippen LogP contribution is 2.25. The fourth-order valence-electron chi connectivity index (χ4n) is 1.75. The van der Waals surface area contributed by atoms with Crippen molar-refractivity contribution in [3.8, 4) is 11.4 Å². The SMILES string of the molecule is CCn1c(C)nc(-c2cncn2C)c1N. The van der Waals surface area contributed by atoms with Crippen molar-refractivity contribution >= 4 is 5.82 Å². The first kappa shape index (κ1) is 9.76. The molecular weight excluding hydrogens is 190 g/mol. The zero-order valence-corrected chi connectivity index (χ0v) is 9.23. The molecular formula is C10H15N5. The number of anilines is 1. The summed E-state index contributed by atoms with van der Waals surface area (Å²) in [6.07, 6.45) is 3.52. The summed E-state index contributed by atoms with van der Waals surface area (Å²) in [6, 6.07) is 0. The van der Waals surface area contributed by atoms with Crippen LogP contribution < -0.4 is 5.73 Å². The Morgan fingerprint density at radius 3 is 2.67 bits per heavy atom. The Morgan fingerprint density at radius 2 is 2.20 bits per heavy atom. The molecule has 2 N–H and O–H groups in total. The van der Waals surface area contributed by atoms with Crippen molar-refractivity contribution in [2.24, 2.45) is 7.05 Å². The summed E-state index contributed by atoms with van der Waals surface area (Å²) < 4.78 is 3.90. The molecule has 2 heterocycles. The molecule has 0 spiro atoms. The largest absolute Gasteiger partial charge is 0.383 e. The number of nitrogen functional groups attached to an aromatic ring is 1. The molecule has 0 unspecified atom stereocenters. The maximum absolute atomic E-state index is 6.03. The third-order valence-electron chi connectivity index (χ3n) is 2.57. The maximum Gasteiger partial charge on any atom is 0.133 e. The van der Waals surface area contributed by atoms with Gasteiger partial charge in [-0.15, -0.1) is 0 Å². The minimum atomic E-state index is 0.707. The molecule has 5 nitrogen and oxygen atoms in total. The highest BCUT2D eigenvalue weighted by Gasteiger charge is 2.14. The van der Waals surface area contributed by atoms with Crippen molar-refractivity contribution in [2.75, 3.05) is 5.73 Å². The van der Waals surface area contributed by atoms with E-state index < -0.39 is 0 Å². The van der Waals surface area contributed by atoms with Gasteiger partial charge in [-0.05, 0) is 13.8 Å². The molecule has 5 heteroatoms. The van der Waals surface area contributed by atoms with Gasteiger partial charge in [-0.25, -0.2) is 9.97 Å². The van der Waals surface area contributed by atoms with Crippen LogP contribution in [0.5, 0.6) is 0 Å². The number of hydrogen-bond donors (Lipinski definition) is 1. The smallest absolute Gasteiger partial charge is 0.133 e. The number of aromatic nitrogens is 4. The zero-order chi connectivity index (χ0) is 11.0. The summed E-state index contributed by atoms with van der Waals surface area (Å²) in [7, 11) is 1.93. The summed E-state index contributed by atoms with van der Waals surface area (Å²) in [5, 5.41) is 0. The van der Waals surface area contributed by atoms with E-state index in [0.717, 1.165) is 23.8 Å². The van der Waals surface area contributed by atoms with Gasteiger partial charge >= 0.3 is 0 Å². The number of imidazole rings is 2. The molecule has 0 saturated heterocycles. The van der Waals surface area contributed by atoms with E-state index in [1.54, 1.807) is 12.5 Å². The monoisotopic (exact) mass is 205 g/mol. The quantitative estimate of drug-likeness (QED) is 0.801. The van der Waals surface area contributed by atoms with E-state index >= 15 is 0 Å². The number of hydrogen-bond acceptors (Lipinski definition) is 3. The van der Waals surface area contributed by atoms with E-state index in [0.29, 0.717) is 5.82 Å². The van der Waals surface area contributed by atoms with Gasteiger partial charge in [0.25, 0.3) is 0 Å². The Labute approximate surface area is 88.6 Å². The lowest BCUT2D eigenvalue weighted by Gasteiger charge is -2.03. The molecule has 0 radical (unpaired) electrons. The van der Waals surface area contributed by atoms with Crippen molar-refractivity contribution < 1.29 is 0 Å². The Hall–Kier alpha value is -1.78. The minimum Gasteiger partial charge on any atom is -0.383 e. The van der Waals surface area contributed by atoms with Gasteiger partial charge in [-0.2, -0.15) is 0 Å². The van der Waals surface area contributed by atoms with Crippen LogP contribution in [0.15, 0.2) is 12.5 Å². The van der Waals surface area contributed by atoms with Crippen molar-refractivity contribution in [3.05, 3.63) is 18.3 Å². The second kappa shape index (κ2) is 3.42. The van der Waals surface area contributed by atoms with Crippen LogP contribution in [0.1, 0.15) is 12.7 Å². The molecule has 0 saturated carbocycles. The van der Waals surface area contributed by atoms with Crippen molar-refractivity contribution in [3.63, 3.8) is 0 Å². The molecule has 2 aromatic rings. The van der Waals surface area contributed by atoms with Crippen LogP contribution in [0, 0.1) is 6.92 Å². The lowest BCUT2D eigenvalue weighted by molar-refractivity contribution is 0.739. The number of nitrogens with two attached hydrogens (primary N) is 1. The van der Waals surface area contributed by atoms with Crippen LogP contribution in [0.3, 0.4) is 0 Å². The Balaban J connectivity index is 2.60. The van der Waals surface area contributed by atoms with Gasteiger partial charge < -0.3 is 14.9 Å². The van der Waals surface area contributed by atoms with E-state index in [1.165, 1.54) is 0 Å². The summed E-state index contributed by atoms with van der Waals surface area (Å²) in [6.45, 7) is 4.85.